The zero-order chi connectivity index (χ0) is 36.7. The zero-order valence-electron chi connectivity index (χ0n) is 27.8. The molecule has 3 amide bonds. The number of carboxylic acid groups (broad SMARTS) is 1. The van der Waals surface area contributed by atoms with E-state index < -0.39 is 52.3 Å². The number of nitrogens with two attached hydrogens (primary N) is 1. The summed E-state index contributed by atoms with van der Waals surface area (Å²) >= 11 is 0. The number of benzene rings is 2. The zero-order valence-corrected chi connectivity index (χ0v) is 28.6. The smallest absolute Gasteiger partial charge is 0.300 e. The van der Waals surface area contributed by atoms with Crippen molar-refractivity contribution in [3.05, 3.63) is 71.3 Å². The number of aliphatic hydroxyl groups excluding tert-OH is 1. The Kier molecular flexibility index (Phi) is 20.7. The van der Waals surface area contributed by atoms with Crippen molar-refractivity contribution in [3.8, 4) is 0 Å². The number of aliphatic hydroxyl groups is 1. The van der Waals surface area contributed by atoms with Gasteiger partial charge in [0.15, 0.2) is 0 Å². The predicted molar refractivity (Wildman–Crippen MR) is 182 cm³/mol. The van der Waals surface area contributed by atoms with Crippen LogP contribution in [0.3, 0.4) is 0 Å². The van der Waals surface area contributed by atoms with Crippen LogP contribution in [-0.2, 0) is 51.0 Å². The fraction of sp³-hybridized carbons (Fsp3) is 0.469. The van der Waals surface area contributed by atoms with Gasteiger partial charge >= 0.3 is 0 Å². The lowest BCUT2D eigenvalue weighted by Gasteiger charge is -2.22. The SMILES string of the molecule is CC(=O)O.COCCCOCC(=O)NCCCC[C@H](NC(=O)[C@@H](CO)NS(=O)(=O)Cc1ccccc1)C(=O)NCc1ccc(C(=N)N)cc1. The number of carbonyl (C=O) groups excluding carboxylic acids is 3. The third-order valence-corrected chi connectivity index (χ3v) is 7.85. The number of carboxylic acids is 1. The van der Waals surface area contributed by atoms with E-state index in [9.17, 15) is 27.9 Å². The van der Waals surface area contributed by atoms with Crippen molar-refractivity contribution in [1.29, 1.82) is 5.41 Å². The highest BCUT2D eigenvalue weighted by Crippen LogP contribution is 2.08. The number of hydrogen-bond acceptors (Lipinski definition) is 10. The third-order valence-electron chi connectivity index (χ3n) is 6.50. The number of rotatable bonds is 22. The van der Waals surface area contributed by atoms with Crippen molar-refractivity contribution >= 4 is 39.5 Å². The quantitative estimate of drug-likeness (QED) is 0.0458. The van der Waals surface area contributed by atoms with Crippen LogP contribution in [0.15, 0.2) is 54.6 Å². The van der Waals surface area contributed by atoms with Gasteiger partial charge in [-0.2, -0.15) is 0 Å². The fourth-order valence-electron chi connectivity index (χ4n) is 4.10. The summed E-state index contributed by atoms with van der Waals surface area (Å²) in [5, 5.41) is 32.8. The second-order valence-electron chi connectivity index (χ2n) is 10.8. The summed E-state index contributed by atoms with van der Waals surface area (Å²) in [6.07, 6.45) is 1.78. The average molecular weight is 709 g/mol. The van der Waals surface area contributed by atoms with Gasteiger partial charge in [0.25, 0.3) is 5.97 Å². The molecule has 9 N–H and O–H groups in total. The van der Waals surface area contributed by atoms with E-state index in [1.807, 2.05) is 0 Å². The van der Waals surface area contributed by atoms with Gasteiger partial charge in [0.2, 0.25) is 27.7 Å². The monoisotopic (exact) mass is 708 g/mol. The minimum atomic E-state index is -4.00. The number of hydrogen-bond donors (Lipinski definition) is 8. The molecule has 0 aliphatic heterocycles. The molecule has 49 heavy (non-hydrogen) atoms. The van der Waals surface area contributed by atoms with Gasteiger partial charge in [0.1, 0.15) is 24.5 Å². The molecule has 0 saturated heterocycles. The maximum Gasteiger partial charge on any atom is 0.300 e. The molecule has 2 aromatic carbocycles. The van der Waals surface area contributed by atoms with E-state index in [1.54, 1.807) is 61.7 Å². The molecule has 0 aliphatic rings. The predicted octanol–water partition coefficient (Wildman–Crippen LogP) is -0.0173. The van der Waals surface area contributed by atoms with Crippen molar-refractivity contribution in [3.63, 3.8) is 0 Å². The molecule has 0 spiro atoms. The Hall–Kier alpha value is -4.42. The number of nitrogens with one attached hydrogen (secondary N) is 5. The number of carbonyl (C=O) groups is 4. The molecule has 0 radical (unpaired) electrons. The van der Waals surface area contributed by atoms with E-state index in [0.29, 0.717) is 50.1 Å². The lowest BCUT2D eigenvalue weighted by Crippen LogP contribution is -2.55. The highest BCUT2D eigenvalue weighted by molar-refractivity contribution is 7.88. The van der Waals surface area contributed by atoms with E-state index in [-0.39, 0.29) is 31.3 Å². The summed E-state index contributed by atoms with van der Waals surface area (Å²) in [6, 6.07) is 12.5. The molecule has 0 heterocycles. The molecule has 0 bridgehead atoms. The number of aliphatic carboxylic acids is 1. The third kappa shape index (κ3) is 19.9. The molecule has 272 valence electrons. The Morgan fingerprint density at radius 2 is 1.55 bits per heavy atom. The number of unbranched alkanes of at least 4 members (excludes halogenated alkanes) is 1. The average Bonchev–Trinajstić information content (AvgIpc) is 3.05. The molecule has 17 heteroatoms. The number of nitrogen functional groups attached to an aromatic ring is 1. The van der Waals surface area contributed by atoms with Crippen molar-refractivity contribution in [1.82, 2.24) is 20.7 Å². The molecule has 2 aromatic rings. The minimum Gasteiger partial charge on any atom is -0.481 e. The number of ether oxygens (including phenoxy) is 2. The Morgan fingerprint density at radius 3 is 2.14 bits per heavy atom. The molecular formula is C32H48N6O10S. The number of amidine groups is 1. The van der Waals surface area contributed by atoms with E-state index in [1.165, 1.54) is 0 Å². The van der Waals surface area contributed by atoms with Crippen molar-refractivity contribution in [2.24, 2.45) is 5.73 Å². The van der Waals surface area contributed by atoms with Gasteiger partial charge in [-0.1, -0.05) is 54.6 Å². The molecule has 0 aliphatic carbocycles. The second-order valence-corrected chi connectivity index (χ2v) is 12.5. The van der Waals surface area contributed by atoms with Crippen LogP contribution >= 0.6 is 0 Å². The molecule has 0 saturated carbocycles. The van der Waals surface area contributed by atoms with Gasteiger partial charge in [-0.05, 0) is 36.8 Å². The summed E-state index contributed by atoms with van der Waals surface area (Å²) in [5.74, 6) is -2.97. The molecule has 0 aromatic heterocycles. The lowest BCUT2D eigenvalue weighted by molar-refractivity contribution is -0.134. The van der Waals surface area contributed by atoms with Gasteiger partial charge in [0.05, 0.1) is 12.4 Å². The normalized spacial score (nSPS) is 12.1. The van der Waals surface area contributed by atoms with Crippen LogP contribution in [0.1, 0.15) is 49.3 Å². The van der Waals surface area contributed by atoms with Crippen LogP contribution in [-0.4, -0.2) is 100 Å². The van der Waals surface area contributed by atoms with Crippen molar-refractivity contribution < 1.29 is 47.3 Å². The van der Waals surface area contributed by atoms with Crippen LogP contribution in [0.5, 0.6) is 0 Å². The van der Waals surface area contributed by atoms with Gasteiger partial charge in [0, 0.05) is 45.9 Å². The summed E-state index contributed by atoms with van der Waals surface area (Å²) in [7, 11) is -2.41. The van der Waals surface area contributed by atoms with E-state index >= 15 is 0 Å². The molecule has 2 atom stereocenters. The van der Waals surface area contributed by atoms with Gasteiger partial charge in [-0.3, -0.25) is 24.6 Å². The minimum absolute atomic E-state index is 0.0824. The van der Waals surface area contributed by atoms with Gasteiger partial charge < -0.3 is 41.4 Å². The molecule has 16 nitrogen and oxygen atoms in total. The Morgan fingerprint density at radius 1 is 0.898 bits per heavy atom. The van der Waals surface area contributed by atoms with Gasteiger partial charge in [-0.25, -0.2) is 13.1 Å². The first-order valence-corrected chi connectivity index (χ1v) is 17.1. The molecule has 0 fully saturated rings. The van der Waals surface area contributed by atoms with Crippen LogP contribution in [0.25, 0.3) is 0 Å². The van der Waals surface area contributed by atoms with Crippen molar-refractivity contribution in [2.45, 2.75) is 57.0 Å². The summed E-state index contributed by atoms with van der Waals surface area (Å²) in [4.78, 5) is 47.2. The number of methoxy groups -OCH3 is 1. The van der Waals surface area contributed by atoms with Crippen molar-refractivity contribution in [2.75, 3.05) is 40.1 Å². The van der Waals surface area contributed by atoms with Crippen LogP contribution < -0.4 is 26.4 Å². The highest BCUT2D eigenvalue weighted by atomic mass is 32.2. The Bertz CT molecular complexity index is 1420. The maximum absolute atomic E-state index is 13.2. The first kappa shape index (κ1) is 42.6. The highest BCUT2D eigenvalue weighted by Gasteiger charge is 2.28. The molecule has 2 rings (SSSR count). The number of sulfonamides is 1. The van der Waals surface area contributed by atoms with Crippen LogP contribution in [0.4, 0.5) is 0 Å². The topological polar surface area (TPSA) is 259 Å². The largest absolute Gasteiger partial charge is 0.481 e. The van der Waals surface area contributed by atoms with E-state index in [0.717, 1.165) is 12.5 Å². The van der Waals surface area contributed by atoms with Crippen LogP contribution in [0, 0.1) is 5.41 Å². The summed E-state index contributed by atoms with van der Waals surface area (Å²) in [5.41, 5.74) is 7.25. The number of amides is 3. The van der Waals surface area contributed by atoms with E-state index in [4.69, 9.17) is 30.5 Å². The first-order valence-electron chi connectivity index (χ1n) is 15.5. The molecule has 0 unspecified atom stereocenters. The maximum atomic E-state index is 13.2. The summed E-state index contributed by atoms with van der Waals surface area (Å²) < 4.78 is 37.8. The van der Waals surface area contributed by atoms with Crippen LogP contribution in [0.2, 0.25) is 0 Å². The summed E-state index contributed by atoms with van der Waals surface area (Å²) in [6.45, 7) is 1.56. The van der Waals surface area contributed by atoms with E-state index in [2.05, 4.69) is 20.7 Å². The fourth-order valence-corrected chi connectivity index (χ4v) is 5.43. The second kappa shape index (κ2) is 23.8. The lowest BCUT2D eigenvalue weighted by atomic mass is 10.1. The Labute approximate surface area is 286 Å². The first-order chi connectivity index (χ1) is 23.3. The van der Waals surface area contributed by atoms with Gasteiger partial charge in [-0.15, -0.1) is 0 Å². The molecular weight excluding hydrogens is 660 g/mol. The standard InChI is InChI=1S/C30H44N6O8S.C2H4O2/c1-43-16-7-17-44-20-27(38)33-15-6-5-10-25(29(39)34-18-22-11-13-24(14-12-22)28(31)32)35-30(40)26(19-37)36-45(41,42)21-23-8-3-2-4-9-23;1-2(3)4/h2-4,8-9,11-14,25-26,36-37H,5-7,10,15-21H2,1H3,(H3,31,32)(H,33,38)(H,34,39)(H,35,40);1H3,(H,3,4)/t25-,26+;/m0./s1. The Balaban J connectivity index is 0.00000283.